The minimum Gasteiger partial charge on any atom is -0.495 e. The van der Waals surface area contributed by atoms with Gasteiger partial charge in [0.2, 0.25) is 11.7 Å². The van der Waals surface area contributed by atoms with E-state index in [0.717, 1.165) is 11.1 Å². The Morgan fingerprint density at radius 1 is 1.28 bits per heavy atom. The van der Waals surface area contributed by atoms with E-state index in [4.69, 9.17) is 20.9 Å². The molecule has 0 fully saturated rings. The highest BCUT2D eigenvalue weighted by Gasteiger charge is 2.12. The van der Waals surface area contributed by atoms with Gasteiger partial charge < -0.3 is 14.6 Å². The van der Waals surface area contributed by atoms with Crippen LogP contribution in [0.4, 0.5) is 0 Å². The molecule has 3 aromatic rings. The average molecular weight is 358 g/mol. The van der Waals surface area contributed by atoms with Crippen molar-refractivity contribution in [3.63, 3.8) is 0 Å². The lowest BCUT2D eigenvalue weighted by molar-refractivity contribution is 0.0946. The van der Waals surface area contributed by atoms with Gasteiger partial charge in [-0.3, -0.25) is 4.79 Å². The molecule has 0 spiro atoms. The van der Waals surface area contributed by atoms with Crippen LogP contribution in [0, 0.1) is 6.92 Å². The highest BCUT2D eigenvalue weighted by atomic mass is 35.5. The largest absolute Gasteiger partial charge is 0.495 e. The lowest BCUT2D eigenvalue weighted by Gasteiger charge is -2.06. The highest BCUT2D eigenvalue weighted by Crippen LogP contribution is 2.25. The highest BCUT2D eigenvalue weighted by molar-refractivity contribution is 6.32. The van der Waals surface area contributed by atoms with Crippen molar-refractivity contribution in [1.82, 2.24) is 15.5 Å². The van der Waals surface area contributed by atoms with Crippen LogP contribution in [0.25, 0.3) is 11.4 Å². The maximum absolute atomic E-state index is 12.2. The first kappa shape index (κ1) is 17.0. The van der Waals surface area contributed by atoms with E-state index in [1.165, 1.54) is 7.11 Å². The number of hydrogen-bond donors (Lipinski definition) is 1. The lowest BCUT2D eigenvalue weighted by Crippen LogP contribution is -2.22. The van der Waals surface area contributed by atoms with Gasteiger partial charge in [-0.25, -0.2) is 0 Å². The number of nitrogens with zero attached hydrogens (tertiary/aromatic N) is 2. The maximum Gasteiger partial charge on any atom is 0.251 e. The van der Waals surface area contributed by atoms with Crippen LogP contribution in [-0.4, -0.2) is 23.2 Å². The fourth-order valence-electron chi connectivity index (χ4n) is 2.29. The third kappa shape index (κ3) is 3.97. The van der Waals surface area contributed by atoms with Crippen molar-refractivity contribution in [1.29, 1.82) is 0 Å². The quantitative estimate of drug-likeness (QED) is 0.754. The minimum absolute atomic E-state index is 0.126. The van der Waals surface area contributed by atoms with Gasteiger partial charge in [-0.1, -0.05) is 40.5 Å². The summed E-state index contributed by atoms with van der Waals surface area (Å²) >= 11 is 6.03. The molecule has 2 aromatic carbocycles. The van der Waals surface area contributed by atoms with Crippen molar-refractivity contribution >= 4 is 17.5 Å². The van der Waals surface area contributed by atoms with E-state index in [1.54, 1.807) is 18.2 Å². The molecule has 3 rings (SSSR count). The molecule has 0 saturated carbocycles. The van der Waals surface area contributed by atoms with Crippen LogP contribution >= 0.6 is 11.6 Å². The van der Waals surface area contributed by atoms with Crippen LogP contribution in [0.3, 0.4) is 0 Å². The number of halogens is 1. The summed E-state index contributed by atoms with van der Waals surface area (Å²) in [5.41, 5.74) is 2.39. The summed E-state index contributed by atoms with van der Waals surface area (Å²) in [6, 6.07) is 12.6. The standard InChI is InChI=1S/C18H16ClN3O3/c1-11-4-3-5-12(8-11)17-21-16(25-22-17)10-20-18(23)13-6-7-15(24-2)14(19)9-13/h3-9H,10H2,1-2H3,(H,20,23). The van der Waals surface area contributed by atoms with Crippen molar-refractivity contribution in [3.8, 4) is 17.1 Å². The van der Waals surface area contributed by atoms with Gasteiger partial charge >= 0.3 is 0 Å². The molecule has 0 bridgehead atoms. The molecule has 0 aliphatic rings. The van der Waals surface area contributed by atoms with Crippen molar-refractivity contribution < 1.29 is 14.1 Å². The van der Waals surface area contributed by atoms with Crippen molar-refractivity contribution in [2.24, 2.45) is 0 Å². The number of carbonyl (C=O) groups is 1. The molecule has 0 aliphatic carbocycles. The molecule has 0 saturated heterocycles. The van der Waals surface area contributed by atoms with Gasteiger partial charge in [-0.15, -0.1) is 0 Å². The monoisotopic (exact) mass is 357 g/mol. The summed E-state index contributed by atoms with van der Waals surface area (Å²) < 4.78 is 10.2. The second-order valence-electron chi connectivity index (χ2n) is 5.41. The van der Waals surface area contributed by atoms with Crippen LogP contribution in [0.5, 0.6) is 5.75 Å². The van der Waals surface area contributed by atoms with E-state index in [-0.39, 0.29) is 12.5 Å². The van der Waals surface area contributed by atoms with Crippen LogP contribution < -0.4 is 10.1 Å². The normalized spacial score (nSPS) is 10.5. The number of carbonyl (C=O) groups excluding carboxylic acids is 1. The molecular formula is C18H16ClN3O3. The molecule has 1 aromatic heterocycles. The Morgan fingerprint density at radius 3 is 2.84 bits per heavy atom. The fourth-order valence-corrected chi connectivity index (χ4v) is 2.55. The van der Waals surface area contributed by atoms with Gasteiger partial charge in [0.15, 0.2) is 0 Å². The number of benzene rings is 2. The molecule has 25 heavy (non-hydrogen) atoms. The molecule has 1 heterocycles. The number of hydrogen-bond acceptors (Lipinski definition) is 5. The van der Waals surface area contributed by atoms with Gasteiger partial charge in [0, 0.05) is 11.1 Å². The SMILES string of the molecule is COc1ccc(C(=O)NCc2nc(-c3cccc(C)c3)no2)cc1Cl. The second kappa shape index (κ2) is 7.36. The Morgan fingerprint density at radius 2 is 2.12 bits per heavy atom. The van der Waals surface area contributed by atoms with E-state index in [1.807, 2.05) is 31.2 Å². The van der Waals surface area contributed by atoms with Crippen molar-refractivity contribution in [2.45, 2.75) is 13.5 Å². The molecule has 6 nitrogen and oxygen atoms in total. The van der Waals surface area contributed by atoms with E-state index in [9.17, 15) is 4.79 Å². The molecular weight excluding hydrogens is 342 g/mol. The Bertz CT molecular complexity index is 908. The average Bonchev–Trinajstić information content (AvgIpc) is 3.08. The minimum atomic E-state index is -0.292. The van der Waals surface area contributed by atoms with Crippen LogP contribution in [0.1, 0.15) is 21.8 Å². The molecule has 0 radical (unpaired) electrons. The number of aromatic nitrogens is 2. The first-order valence-electron chi connectivity index (χ1n) is 7.58. The molecule has 1 amide bonds. The molecule has 0 atom stereocenters. The topological polar surface area (TPSA) is 77.2 Å². The first-order valence-corrected chi connectivity index (χ1v) is 7.96. The molecule has 0 aliphatic heterocycles. The summed E-state index contributed by atoms with van der Waals surface area (Å²) in [5.74, 6) is 1.03. The third-order valence-corrected chi connectivity index (χ3v) is 3.85. The number of aryl methyl sites for hydroxylation is 1. The van der Waals surface area contributed by atoms with E-state index < -0.39 is 0 Å². The molecule has 128 valence electrons. The summed E-state index contributed by atoms with van der Waals surface area (Å²) in [6.45, 7) is 2.12. The van der Waals surface area contributed by atoms with Gasteiger partial charge in [0.1, 0.15) is 5.75 Å². The Hall–Kier alpha value is -2.86. The van der Waals surface area contributed by atoms with E-state index in [0.29, 0.717) is 28.1 Å². The van der Waals surface area contributed by atoms with Gasteiger partial charge in [-0.2, -0.15) is 4.98 Å². The van der Waals surface area contributed by atoms with Crippen LogP contribution in [-0.2, 0) is 6.54 Å². The summed E-state index contributed by atoms with van der Waals surface area (Å²) in [6.07, 6.45) is 0. The Balaban J connectivity index is 1.66. The van der Waals surface area contributed by atoms with Crippen molar-refractivity contribution in [3.05, 3.63) is 64.5 Å². The maximum atomic E-state index is 12.2. The predicted octanol–water partition coefficient (Wildman–Crippen LogP) is 3.64. The van der Waals surface area contributed by atoms with Crippen LogP contribution in [0.15, 0.2) is 47.0 Å². The zero-order chi connectivity index (χ0) is 17.8. The lowest BCUT2D eigenvalue weighted by atomic mass is 10.1. The molecule has 7 heteroatoms. The Kier molecular flexibility index (Phi) is 5.00. The number of ether oxygens (including phenoxy) is 1. The number of amides is 1. The van der Waals surface area contributed by atoms with Gasteiger partial charge in [-0.05, 0) is 31.2 Å². The number of methoxy groups -OCH3 is 1. The zero-order valence-corrected chi connectivity index (χ0v) is 14.5. The van der Waals surface area contributed by atoms with Gasteiger partial charge in [0.05, 0.1) is 18.7 Å². The number of nitrogens with one attached hydrogen (secondary N) is 1. The first-order chi connectivity index (χ1) is 12.1. The second-order valence-corrected chi connectivity index (χ2v) is 5.82. The van der Waals surface area contributed by atoms with E-state index >= 15 is 0 Å². The van der Waals surface area contributed by atoms with Crippen LogP contribution in [0.2, 0.25) is 5.02 Å². The Labute approximate surface area is 149 Å². The smallest absolute Gasteiger partial charge is 0.251 e. The van der Waals surface area contributed by atoms with Gasteiger partial charge in [0.25, 0.3) is 5.91 Å². The number of rotatable bonds is 5. The summed E-state index contributed by atoms with van der Waals surface area (Å²) in [7, 11) is 1.52. The zero-order valence-electron chi connectivity index (χ0n) is 13.7. The molecule has 1 N–H and O–H groups in total. The summed E-state index contributed by atoms with van der Waals surface area (Å²) in [4.78, 5) is 16.5. The predicted molar refractivity (Wildman–Crippen MR) is 93.6 cm³/mol. The summed E-state index contributed by atoms with van der Waals surface area (Å²) in [5, 5.41) is 7.03. The third-order valence-electron chi connectivity index (χ3n) is 3.56. The molecule has 0 unspecified atom stereocenters. The van der Waals surface area contributed by atoms with Crippen molar-refractivity contribution in [2.75, 3.05) is 7.11 Å². The van der Waals surface area contributed by atoms with E-state index in [2.05, 4.69) is 15.5 Å². The fraction of sp³-hybridized carbons (Fsp3) is 0.167.